The molecule has 1 aromatic heterocycles. The molecule has 2 nitrogen and oxygen atoms in total. The Morgan fingerprint density at radius 2 is 1.71 bits per heavy atom. The number of hydrogen-bond acceptors (Lipinski definition) is 1. The van der Waals surface area contributed by atoms with E-state index in [-0.39, 0.29) is 5.69 Å². The van der Waals surface area contributed by atoms with E-state index in [9.17, 15) is 8.78 Å². The van der Waals surface area contributed by atoms with E-state index in [2.05, 4.69) is 4.98 Å². The molecule has 0 atom stereocenters. The second-order valence-electron chi connectivity index (χ2n) is 5.73. The Bertz CT molecular complexity index is 607. The zero-order chi connectivity index (χ0) is 15.6. The summed E-state index contributed by atoms with van der Waals surface area (Å²) in [5, 5.41) is 0. The van der Waals surface area contributed by atoms with Crippen LogP contribution in [-0.2, 0) is 19.3 Å². The van der Waals surface area contributed by atoms with Gasteiger partial charge in [0.25, 0.3) is 0 Å². The average Bonchev–Trinajstić information content (AvgIpc) is 2.80. The fourth-order valence-corrected chi connectivity index (χ4v) is 2.52. The van der Waals surface area contributed by atoms with Gasteiger partial charge in [-0.15, -0.1) is 0 Å². The lowest BCUT2D eigenvalue weighted by Crippen LogP contribution is -2.06. The molecule has 0 radical (unpaired) electrons. The van der Waals surface area contributed by atoms with Crippen LogP contribution in [0.4, 0.5) is 8.78 Å². The lowest BCUT2D eigenvalue weighted by Gasteiger charge is -2.12. The monoisotopic (exact) mass is 292 g/mol. The molecule has 0 spiro atoms. The number of aromatic nitrogens is 2. The van der Waals surface area contributed by atoms with Gasteiger partial charge in [0, 0.05) is 12.6 Å². The summed E-state index contributed by atoms with van der Waals surface area (Å²) in [6.07, 6.45) is 3.77. The van der Waals surface area contributed by atoms with Crippen molar-refractivity contribution >= 4 is 0 Å². The normalized spacial score (nSPS) is 11.4. The van der Waals surface area contributed by atoms with Crippen molar-refractivity contribution in [1.82, 2.24) is 9.55 Å². The molecule has 0 saturated heterocycles. The van der Waals surface area contributed by atoms with E-state index in [0.717, 1.165) is 12.1 Å². The minimum Gasteiger partial charge on any atom is -0.298 e. The number of rotatable bonds is 5. The zero-order valence-corrected chi connectivity index (χ0v) is 13.1. The van der Waals surface area contributed by atoms with E-state index >= 15 is 0 Å². The van der Waals surface area contributed by atoms with Crippen LogP contribution in [0.5, 0.6) is 0 Å². The molecule has 1 heterocycles. The quantitative estimate of drug-likeness (QED) is 0.795. The summed E-state index contributed by atoms with van der Waals surface area (Å²) in [5.74, 6) is -0.0112. The standard InChI is InChI=1S/C17H22F2N2/c1-5-13-10-21(16(6-2)20-13)17-14(18)8-12(7-11(3)4)9-15(17)19/h8-11H,5-7H2,1-4H3. The van der Waals surface area contributed by atoms with E-state index in [1.807, 2.05) is 27.7 Å². The minimum absolute atomic E-state index is 0.0217. The maximum Gasteiger partial charge on any atom is 0.150 e. The highest BCUT2D eigenvalue weighted by molar-refractivity contribution is 5.40. The van der Waals surface area contributed by atoms with Crippen molar-refractivity contribution in [2.45, 2.75) is 47.0 Å². The largest absolute Gasteiger partial charge is 0.298 e. The first kappa shape index (κ1) is 15.7. The van der Waals surface area contributed by atoms with E-state index in [4.69, 9.17) is 0 Å². The number of imidazole rings is 1. The van der Waals surface area contributed by atoms with Crippen LogP contribution in [0.25, 0.3) is 5.69 Å². The number of aryl methyl sites for hydroxylation is 2. The van der Waals surface area contributed by atoms with Gasteiger partial charge in [-0.2, -0.15) is 0 Å². The third kappa shape index (κ3) is 3.31. The summed E-state index contributed by atoms with van der Waals surface area (Å²) in [4.78, 5) is 4.41. The van der Waals surface area contributed by atoms with Crippen molar-refractivity contribution in [2.24, 2.45) is 5.92 Å². The lowest BCUT2D eigenvalue weighted by molar-refractivity contribution is 0.556. The third-order valence-corrected chi connectivity index (χ3v) is 3.47. The van der Waals surface area contributed by atoms with E-state index in [1.165, 1.54) is 12.1 Å². The first-order chi connectivity index (χ1) is 9.96. The molecule has 0 saturated carbocycles. The van der Waals surface area contributed by atoms with Crippen molar-refractivity contribution in [2.75, 3.05) is 0 Å². The summed E-state index contributed by atoms with van der Waals surface area (Å²) in [6, 6.07) is 2.87. The molecule has 1 aromatic carbocycles. The Morgan fingerprint density at radius 3 is 2.19 bits per heavy atom. The van der Waals surface area contributed by atoms with Gasteiger partial charge in [-0.1, -0.05) is 27.7 Å². The predicted molar refractivity (Wildman–Crippen MR) is 80.8 cm³/mol. The van der Waals surface area contributed by atoms with Gasteiger partial charge in [-0.25, -0.2) is 13.8 Å². The molecule has 0 aliphatic heterocycles. The molecule has 0 unspecified atom stereocenters. The fraction of sp³-hybridized carbons (Fsp3) is 0.471. The molecule has 114 valence electrons. The Labute approximate surface area is 124 Å². The smallest absolute Gasteiger partial charge is 0.150 e. The molecule has 0 fully saturated rings. The van der Waals surface area contributed by atoms with Crippen LogP contribution >= 0.6 is 0 Å². The van der Waals surface area contributed by atoms with E-state index in [0.29, 0.717) is 30.1 Å². The Kier molecular flexibility index (Phi) is 4.76. The summed E-state index contributed by atoms with van der Waals surface area (Å²) in [6.45, 7) is 7.97. The molecule has 0 aliphatic rings. The Hall–Kier alpha value is -1.71. The number of halogens is 2. The van der Waals surface area contributed by atoms with Gasteiger partial charge in [0.2, 0.25) is 0 Å². The number of benzene rings is 1. The van der Waals surface area contributed by atoms with Gasteiger partial charge < -0.3 is 0 Å². The highest BCUT2D eigenvalue weighted by atomic mass is 19.1. The molecule has 2 rings (SSSR count). The summed E-state index contributed by atoms with van der Waals surface area (Å²) >= 11 is 0. The predicted octanol–water partition coefficient (Wildman–Crippen LogP) is 4.47. The topological polar surface area (TPSA) is 17.8 Å². The summed E-state index contributed by atoms with van der Waals surface area (Å²) in [5.41, 5.74) is 1.51. The SMILES string of the molecule is CCc1cn(-c2c(F)cc(CC(C)C)cc2F)c(CC)n1. The molecular formula is C17H22F2N2. The molecule has 4 heteroatoms. The second kappa shape index (κ2) is 6.37. The highest BCUT2D eigenvalue weighted by Crippen LogP contribution is 2.23. The summed E-state index contributed by atoms with van der Waals surface area (Å²) in [7, 11) is 0. The van der Waals surface area contributed by atoms with Crippen LogP contribution in [0.2, 0.25) is 0 Å². The van der Waals surface area contributed by atoms with Crippen molar-refractivity contribution in [1.29, 1.82) is 0 Å². The van der Waals surface area contributed by atoms with Crippen LogP contribution in [0, 0.1) is 17.6 Å². The van der Waals surface area contributed by atoms with Crippen LogP contribution in [0.1, 0.15) is 44.8 Å². The van der Waals surface area contributed by atoms with Gasteiger partial charge >= 0.3 is 0 Å². The fourth-order valence-electron chi connectivity index (χ4n) is 2.52. The van der Waals surface area contributed by atoms with Gasteiger partial charge in [0.05, 0.1) is 5.69 Å². The lowest BCUT2D eigenvalue weighted by atomic mass is 10.0. The van der Waals surface area contributed by atoms with Crippen LogP contribution in [-0.4, -0.2) is 9.55 Å². The van der Waals surface area contributed by atoms with Gasteiger partial charge in [-0.05, 0) is 36.5 Å². The molecule has 0 amide bonds. The zero-order valence-electron chi connectivity index (χ0n) is 13.1. The highest BCUT2D eigenvalue weighted by Gasteiger charge is 2.17. The maximum absolute atomic E-state index is 14.4. The first-order valence-electron chi connectivity index (χ1n) is 7.51. The van der Waals surface area contributed by atoms with Gasteiger partial charge in [0.1, 0.15) is 11.5 Å². The van der Waals surface area contributed by atoms with Crippen LogP contribution in [0.15, 0.2) is 18.3 Å². The number of hydrogen-bond donors (Lipinski definition) is 0. The molecule has 0 bridgehead atoms. The van der Waals surface area contributed by atoms with Crippen molar-refractivity contribution in [3.05, 3.63) is 47.0 Å². The Balaban J connectivity index is 2.51. The van der Waals surface area contributed by atoms with Gasteiger partial charge in [0.15, 0.2) is 11.6 Å². The van der Waals surface area contributed by atoms with Crippen molar-refractivity contribution in [3.8, 4) is 5.69 Å². The van der Waals surface area contributed by atoms with Crippen LogP contribution < -0.4 is 0 Å². The third-order valence-electron chi connectivity index (χ3n) is 3.47. The van der Waals surface area contributed by atoms with Gasteiger partial charge in [-0.3, -0.25) is 4.57 Å². The average molecular weight is 292 g/mol. The molecular weight excluding hydrogens is 270 g/mol. The van der Waals surface area contributed by atoms with Crippen molar-refractivity contribution in [3.63, 3.8) is 0 Å². The van der Waals surface area contributed by atoms with E-state index in [1.54, 1.807) is 10.8 Å². The minimum atomic E-state index is -0.527. The molecule has 0 N–H and O–H groups in total. The number of nitrogens with zero attached hydrogens (tertiary/aromatic N) is 2. The summed E-state index contributed by atoms with van der Waals surface area (Å²) < 4.78 is 30.3. The molecule has 2 aromatic rings. The van der Waals surface area contributed by atoms with Crippen molar-refractivity contribution < 1.29 is 8.78 Å². The second-order valence-corrected chi connectivity index (χ2v) is 5.73. The first-order valence-corrected chi connectivity index (χ1v) is 7.51. The molecule has 0 aliphatic carbocycles. The van der Waals surface area contributed by atoms with E-state index < -0.39 is 11.6 Å². The molecule has 21 heavy (non-hydrogen) atoms. The van der Waals surface area contributed by atoms with Crippen LogP contribution in [0.3, 0.4) is 0 Å². The maximum atomic E-state index is 14.4. The Morgan fingerprint density at radius 1 is 1.10 bits per heavy atom.